The number of rotatable bonds is 2. The van der Waals surface area contributed by atoms with Gasteiger partial charge in [-0.3, -0.25) is 0 Å². The van der Waals surface area contributed by atoms with Crippen molar-refractivity contribution in [3.05, 3.63) is 35.4 Å². The second-order valence-electron chi connectivity index (χ2n) is 4.23. The third-order valence-corrected chi connectivity index (χ3v) is 3.12. The lowest BCUT2D eigenvalue weighted by molar-refractivity contribution is 0.122. The maximum Gasteiger partial charge on any atom is 0.148 e. The topological polar surface area (TPSA) is 83.8 Å². The molecule has 0 saturated carbocycles. The molecular weight excluding hydrogens is 252 g/mol. The predicted octanol–water partition coefficient (Wildman–Crippen LogP) is 1.85. The van der Waals surface area contributed by atoms with E-state index in [1.54, 1.807) is 24.3 Å². The van der Waals surface area contributed by atoms with Gasteiger partial charge in [0.15, 0.2) is 0 Å². The Morgan fingerprint density at radius 2 is 1.55 bits per heavy atom. The Hall–Kier alpha value is -2.81. The van der Waals surface area contributed by atoms with Crippen molar-refractivity contribution in [3.63, 3.8) is 0 Å². The quantitative estimate of drug-likeness (QED) is 0.761. The fourth-order valence-corrected chi connectivity index (χ4v) is 2.06. The normalized spacial score (nSPS) is 13.8. The molecule has 0 radical (unpaired) electrons. The SMILES string of the molecule is N#CC(C#N)=C(C#N)c1ccc(N2CCOCC2)cc1. The van der Waals surface area contributed by atoms with Gasteiger partial charge in [-0.25, -0.2) is 0 Å². The molecule has 0 amide bonds. The first kappa shape index (κ1) is 13.6. The lowest BCUT2D eigenvalue weighted by Crippen LogP contribution is -2.36. The summed E-state index contributed by atoms with van der Waals surface area (Å²) in [5.41, 5.74) is 1.59. The van der Waals surface area contributed by atoms with Gasteiger partial charge >= 0.3 is 0 Å². The van der Waals surface area contributed by atoms with E-state index in [4.69, 9.17) is 20.5 Å². The van der Waals surface area contributed by atoms with E-state index in [9.17, 15) is 0 Å². The van der Waals surface area contributed by atoms with Crippen LogP contribution in [0.3, 0.4) is 0 Å². The van der Waals surface area contributed by atoms with Crippen molar-refractivity contribution < 1.29 is 4.74 Å². The largest absolute Gasteiger partial charge is 0.378 e. The Kier molecular flexibility index (Phi) is 4.35. The van der Waals surface area contributed by atoms with E-state index in [-0.39, 0.29) is 11.1 Å². The molecule has 2 rings (SSSR count). The molecule has 0 aromatic heterocycles. The van der Waals surface area contributed by atoms with Crippen molar-refractivity contribution in [3.8, 4) is 18.2 Å². The number of allylic oxidation sites excluding steroid dienone is 2. The summed E-state index contributed by atoms with van der Waals surface area (Å²) >= 11 is 0. The molecule has 5 heteroatoms. The van der Waals surface area contributed by atoms with Crippen LogP contribution in [-0.4, -0.2) is 26.3 Å². The highest BCUT2D eigenvalue weighted by Crippen LogP contribution is 2.22. The third-order valence-electron chi connectivity index (χ3n) is 3.12. The lowest BCUT2D eigenvalue weighted by atomic mass is 10.0. The van der Waals surface area contributed by atoms with E-state index >= 15 is 0 Å². The molecule has 0 spiro atoms. The molecule has 1 aromatic carbocycles. The summed E-state index contributed by atoms with van der Waals surface area (Å²) in [5.74, 6) is 0. The lowest BCUT2D eigenvalue weighted by Gasteiger charge is -2.28. The van der Waals surface area contributed by atoms with Crippen molar-refractivity contribution >= 4 is 11.3 Å². The van der Waals surface area contributed by atoms with E-state index in [1.807, 2.05) is 18.2 Å². The average Bonchev–Trinajstić information content (AvgIpc) is 2.53. The van der Waals surface area contributed by atoms with Crippen LogP contribution in [-0.2, 0) is 4.74 Å². The molecule has 1 aromatic rings. The maximum atomic E-state index is 9.09. The van der Waals surface area contributed by atoms with Crippen molar-refractivity contribution in [2.24, 2.45) is 0 Å². The first-order valence-electron chi connectivity index (χ1n) is 6.18. The number of benzene rings is 1. The van der Waals surface area contributed by atoms with Crippen LogP contribution in [0.15, 0.2) is 29.8 Å². The molecule has 20 heavy (non-hydrogen) atoms. The summed E-state index contributed by atoms with van der Waals surface area (Å²) in [6, 6.07) is 12.7. The van der Waals surface area contributed by atoms with E-state index < -0.39 is 0 Å². The van der Waals surface area contributed by atoms with Crippen LogP contribution >= 0.6 is 0 Å². The van der Waals surface area contributed by atoms with Gasteiger partial charge in [-0.1, -0.05) is 12.1 Å². The fraction of sp³-hybridized carbons (Fsp3) is 0.267. The van der Waals surface area contributed by atoms with E-state index in [1.165, 1.54) is 0 Å². The number of hydrogen-bond acceptors (Lipinski definition) is 5. The van der Waals surface area contributed by atoms with Crippen molar-refractivity contribution in [1.82, 2.24) is 0 Å². The minimum absolute atomic E-state index is 0.114. The second kappa shape index (κ2) is 6.38. The van der Waals surface area contributed by atoms with Gasteiger partial charge in [0.25, 0.3) is 0 Å². The molecule has 5 nitrogen and oxygen atoms in total. The molecule has 0 atom stereocenters. The number of ether oxygens (including phenoxy) is 1. The highest BCUT2D eigenvalue weighted by Gasteiger charge is 2.12. The molecule has 1 saturated heterocycles. The maximum absolute atomic E-state index is 9.09. The number of anilines is 1. The molecule has 1 heterocycles. The molecule has 1 aliphatic rings. The molecule has 0 unspecified atom stereocenters. The van der Waals surface area contributed by atoms with Gasteiger partial charge in [-0.2, -0.15) is 15.8 Å². The Labute approximate surface area is 117 Å². The number of morpholine rings is 1. The van der Waals surface area contributed by atoms with Crippen LogP contribution in [0.2, 0.25) is 0 Å². The van der Waals surface area contributed by atoms with Gasteiger partial charge in [0.1, 0.15) is 23.8 Å². The number of nitriles is 3. The van der Waals surface area contributed by atoms with Crippen LogP contribution in [0.1, 0.15) is 5.56 Å². The van der Waals surface area contributed by atoms with Gasteiger partial charge in [-0.05, 0) is 17.7 Å². The second-order valence-corrected chi connectivity index (χ2v) is 4.23. The highest BCUT2D eigenvalue weighted by molar-refractivity contribution is 5.84. The molecule has 98 valence electrons. The van der Waals surface area contributed by atoms with Crippen molar-refractivity contribution in [1.29, 1.82) is 15.8 Å². The Bertz CT molecular complexity index is 618. The van der Waals surface area contributed by atoms with Gasteiger partial charge < -0.3 is 9.64 Å². The zero-order chi connectivity index (χ0) is 14.4. The van der Waals surface area contributed by atoms with Crippen molar-refractivity contribution in [2.45, 2.75) is 0 Å². The van der Waals surface area contributed by atoms with E-state index in [0.717, 1.165) is 18.8 Å². The standard InChI is InChI=1S/C15H12N4O/c16-9-13(10-17)15(11-18)12-1-3-14(4-2-12)19-5-7-20-8-6-19/h1-4H,5-8H2. The van der Waals surface area contributed by atoms with Gasteiger partial charge in [0, 0.05) is 18.8 Å². The van der Waals surface area contributed by atoms with Gasteiger partial charge in [-0.15, -0.1) is 0 Å². The van der Waals surface area contributed by atoms with Crippen LogP contribution in [0.25, 0.3) is 5.57 Å². The summed E-state index contributed by atoms with van der Waals surface area (Å²) in [6.07, 6.45) is 0. The molecule has 0 aliphatic carbocycles. The summed E-state index contributed by atoms with van der Waals surface area (Å²) in [5, 5.41) is 26.8. The van der Waals surface area contributed by atoms with Crippen LogP contribution in [0.5, 0.6) is 0 Å². The third kappa shape index (κ3) is 2.78. The number of nitrogens with zero attached hydrogens (tertiary/aromatic N) is 4. The monoisotopic (exact) mass is 264 g/mol. The van der Waals surface area contributed by atoms with Crippen molar-refractivity contribution in [2.75, 3.05) is 31.2 Å². The molecule has 1 aliphatic heterocycles. The number of hydrogen-bond donors (Lipinski definition) is 0. The summed E-state index contributed by atoms with van der Waals surface area (Å²) in [4.78, 5) is 2.19. The minimum Gasteiger partial charge on any atom is -0.378 e. The average molecular weight is 264 g/mol. The minimum atomic E-state index is -0.161. The zero-order valence-electron chi connectivity index (χ0n) is 10.8. The van der Waals surface area contributed by atoms with Crippen LogP contribution < -0.4 is 4.90 Å². The highest BCUT2D eigenvalue weighted by atomic mass is 16.5. The first-order chi connectivity index (χ1) is 9.80. The fourth-order valence-electron chi connectivity index (χ4n) is 2.06. The molecule has 0 N–H and O–H groups in total. The Morgan fingerprint density at radius 3 is 2.05 bits per heavy atom. The summed E-state index contributed by atoms with van der Waals surface area (Å²) in [6.45, 7) is 3.08. The van der Waals surface area contributed by atoms with Crippen LogP contribution in [0, 0.1) is 34.0 Å². The Morgan fingerprint density at radius 1 is 0.950 bits per heavy atom. The zero-order valence-corrected chi connectivity index (χ0v) is 10.8. The first-order valence-corrected chi connectivity index (χ1v) is 6.18. The van der Waals surface area contributed by atoms with Gasteiger partial charge in [0.05, 0.1) is 18.8 Å². The van der Waals surface area contributed by atoms with E-state index in [2.05, 4.69) is 4.90 Å². The predicted molar refractivity (Wildman–Crippen MR) is 73.2 cm³/mol. The summed E-state index contributed by atoms with van der Waals surface area (Å²) in [7, 11) is 0. The van der Waals surface area contributed by atoms with E-state index in [0.29, 0.717) is 18.8 Å². The smallest absolute Gasteiger partial charge is 0.148 e. The summed E-state index contributed by atoms with van der Waals surface area (Å²) < 4.78 is 5.30. The van der Waals surface area contributed by atoms with Crippen LogP contribution in [0.4, 0.5) is 5.69 Å². The Balaban J connectivity index is 2.29. The molecule has 1 fully saturated rings. The molecular formula is C15H12N4O. The molecule has 0 bridgehead atoms. The van der Waals surface area contributed by atoms with Gasteiger partial charge in [0.2, 0.25) is 0 Å².